The summed E-state index contributed by atoms with van der Waals surface area (Å²) in [5.74, 6) is 0. The zero-order chi connectivity index (χ0) is 10.3. The fourth-order valence-electron chi connectivity index (χ4n) is 0.993. The molecule has 0 aliphatic carbocycles. The molecule has 1 nitrogen and oxygen atoms in total. The van der Waals surface area contributed by atoms with E-state index in [4.69, 9.17) is 56.5 Å². The largest absolute Gasteiger partial charge is 0.440 e. The molecule has 0 spiro atoms. The lowest BCUT2D eigenvalue weighted by Crippen LogP contribution is -2.25. The molecule has 1 unspecified atom stereocenters. The van der Waals surface area contributed by atoms with Gasteiger partial charge in [0.15, 0.2) is 0 Å². The maximum atomic E-state index is 5.52. The topological polar surface area (TPSA) is 9.23 Å². The number of ether oxygens (including phenoxy) is 1. The third-order valence-electron chi connectivity index (χ3n) is 1.54. The molecule has 13 heavy (non-hydrogen) atoms. The highest BCUT2D eigenvalue weighted by atomic mass is 36.0. The Morgan fingerprint density at radius 3 is 2.00 bits per heavy atom. The van der Waals surface area contributed by atoms with Crippen LogP contribution in [0.4, 0.5) is 0 Å². The fraction of sp³-hybridized carbons (Fsp3) is 1.00. The molecule has 1 atom stereocenters. The minimum absolute atomic E-state index is 0.354. The van der Waals surface area contributed by atoms with E-state index in [-0.39, 0.29) is 9.39 Å². The average molecular weight is 296 g/mol. The molecule has 8 heteroatoms. The Kier molecular flexibility index (Phi) is 8.83. The van der Waals surface area contributed by atoms with Crippen LogP contribution >= 0.6 is 44.3 Å². The molecular weight excluding hydrogens is 285 g/mol. The van der Waals surface area contributed by atoms with Gasteiger partial charge in [-0.15, -0.1) is 44.3 Å². The predicted octanol–water partition coefficient (Wildman–Crippen LogP) is 2.14. The van der Waals surface area contributed by atoms with E-state index in [0.29, 0.717) is 5.73 Å². The van der Waals surface area contributed by atoms with Crippen LogP contribution in [-0.2, 0) is 4.74 Å². The Balaban J connectivity index is 0.000000252. The summed E-state index contributed by atoms with van der Waals surface area (Å²) >= 11 is 19.9. The second kappa shape index (κ2) is 7.85. The van der Waals surface area contributed by atoms with Crippen molar-refractivity contribution in [2.24, 2.45) is 0 Å². The van der Waals surface area contributed by atoms with E-state index in [2.05, 4.69) is 0 Å². The van der Waals surface area contributed by atoms with Gasteiger partial charge in [0, 0.05) is 21.7 Å². The van der Waals surface area contributed by atoms with Gasteiger partial charge in [0.05, 0.1) is 7.44 Å². The lowest BCUT2D eigenvalue weighted by Gasteiger charge is -2.20. The maximum Gasteiger partial charge on any atom is 0.440 e. The molecule has 0 N–H and O–H groups in total. The standard InChI is InChI=1S/C5H11BOSi.Cl4Si/c6-8-5-3-1-2-4-7-5;1-5(2,3)4/h5H,1-4,8H2;. The van der Waals surface area contributed by atoms with Gasteiger partial charge in [0.2, 0.25) is 0 Å². The lowest BCUT2D eigenvalue weighted by molar-refractivity contribution is 0.0666. The number of hydrogen-bond donors (Lipinski definition) is 0. The van der Waals surface area contributed by atoms with Gasteiger partial charge < -0.3 is 4.74 Å². The minimum Gasteiger partial charge on any atom is -0.383 e. The first-order valence-corrected chi connectivity index (χ1v) is 11.7. The highest BCUT2D eigenvalue weighted by molar-refractivity contribution is 7.81. The Labute approximate surface area is 102 Å². The summed E-state index contributed by atoms with van der Waals surface area (Å²) in [6, 6.07) is 0. The van der Waals surface area contributed by atoms with Crippen molar-refractivity contribution in [2.45, 2.75) is 25.0 Å². The first-order chi connectivity index (χ1) is 5.93. The van der Waals surface area contributed by atoms with Crippen LogP contribution in [0.3, 0.4) is 0 Å². The maximum absolute atomic E-state index is 5.52. The van der Waals surface area contributed by atoms with Gasteiger partial charge in [0.25, 0.3) is 0 Å². The summed E-state index contributed by atoms with van der Waals surface area (Å²) in [4.78, 5) is 0. The van der Waals surface area contributed by atoms with Gasteiger partial charge in [-0.1, -0.05) is 0 Å². The molecule has 2 radical (unpaired) electrons. The van der Waals surface area contributed by atoms with E-state index in [1.54, 1.807) is 0 Å². The number of halogens is 4. The molecule has 0 saturated carbocycles. The first kappa shape index (κ1) is 14.6. The van der Waals surface area contributed by atoms with E-state index in [1.807, 2.05) is 0 Å². The van der Waals surface area contributed by atoms with Gasteiger partial charge in [-0.25, -0.2) is 0 Å². The van der Waals surface area contributed by atoms with E-state index >= 15 is 0 Å². The van der Waals surface area contributed by atoms with Crippen LogP contribution in [0, 0.1) is 0 Å². The summed E-state index contributed by atoms with van der Waals surface area (Å²) < 4.78 is 5.36. The van der Waals surface area contributed by atoms with Crippen LogP contribution in [0.2, 0.25) is 0 Å². The molecule has 0 aromatic rings. The molecule has 0 amide bonds. The van der Waals surface area contributed by atoms with Crippen molar-refractivity contribution in [3.63, 3.8) is 0 Å². The lowest BCUT2D eigenvalue weighted by atomic mass is 10.2. The van der Waals surface area contributed by atoms with Crippen molar-refractivity contribution in [3.05, 3.63) is 0 Å². The molecule has 0 aromatic heterocycles. The summed E-state index contributed by atoms with van der Waals surface area (Å²) in [6.07, 6.45) is 3.79. The van der Waals surface area contributed by atoms with E-state index in [0.717, 1.165) is 6.61 Å². The van der Waals surface area contributed by atoms with Crippen molar-refractivity contribution in [1.29, 1.82) is 0 Å². The predicted molar refractivity (Wildman–Crippen MR) is 67.1 cm³/mol. The molecule has 1 saturated heterocycles. The van der Waals surface area contributed by atoms with E-state index in [9.17, 15) is 0 Å². The highest BCUT2D eigenvalue weighted by Crippen LogP contribution is 2.23. The normalized spacial score (nSPS) is 24.2. The van der Waals surface area contributed by atoms with E-state index < -0.39 is 5.31 Å². The van der Waals surface area contributed by atoms with Gasteiger partial charge in [-0.2, -0.15) is 0 Å². The Morgan fingerprint density at radius 2 is 1.77 bits per heavy atom. The van der Waals surface area contributed by atoms with Crippen LogP contribution in [0.25, 0.3) is 0 Å². The minimum atomic E-state index is -2.72. The van der Waals surface area contributed by atoms with Crippen LogP contribution in [0.5, 0.6) is 0 Å². The van der Waals surface area contributed by atoms with Crippen molar-refractivity contribution in [1.82, 2.24) is 0 Å². The first-order valence-electron chi connectivity index (χ1n) is 4.01. The monoisotopic (exact) mass is 294 g/mol. The molecular formula is C5H11BCl4OSi2. The molecule has 76 valence electrons. The van der Waals surface area contributed by atoms with Gasteiger partial charge in [0.1, 0.15) is 0 Å². The van der Waals surface area contributed by atoms with E-state index in [1.165, 1.54) is 19.3 Å². The van der Waals surface area contributed by atoms with Crippen LogP contribution in [-0.4, -0.2) is 34.5 Å². The van der Waals surface area contributed by atoms with Crippen LogP contribution in [0.15, 0.2) is 0 Å². The second-order valence-corrected chi connectivity index (χ2v) is 15.2. The van der Waals surface area contributed by atoms with Crippen LogP contribution in [0.1, 0.15) is 19.3 Å². The Bertz CT molecular complexity index is 122. The fourth-order valence-corrected chi connectivity index (χ4v) is 1.82. The van der Waals surface area contributed by atoms with Crippen molar-refractivity contribution < 1.29 is 4.74 Å². The van der Waals surface area contributed by atoms with Gasteiger partial charge in [-0.3, -0.25) is 0 Å². The van der Waals surface area contributed by atoms with Crippen molar-refractivity contribution in [3.8, 4) is 0 Å². The smallest absolute Gasteiger partial charge is 0.383 e. The SMILES string of the molecule is Cl[Si](Cl)(Cl)Cl.[B][SiH2]C1CCCCO1. The third-order valence-corrected chi connectivity index (χ3v) is 2.71. The quantitative estimate of drug-likeness (QED) is 0.532. The molecule has 1 heterocycles. The zero-order valence-corrected chi connectivity index (χ0v) is 12.5. The summed E-state index contributed by atoms with van der Waals surface area (Å²) in [6.45, 7) is 0.953. The van der Waals surface area contributed by atoms with Crippen molar-refractivity contribution in [2.75, 3.05) is 6.61 Å². The summed E-state index contributed by atoms with van der Waals surface area (Å²) in [5, 5.41) is -2.72. The van der Waals surface area contributed by atoms with Crippen LogP contribution < -0.4 is 0 Å². The summed E-state index contributed by atoms with van der Waals surface area (Å²) in [7, 11) is 5.16. The molecule has 0 aromatic carbocycles. The van der Waals surface area contributed by atoms with Crippen molar-refractivity contribution >= 4 is 66.5 Å². The van der Waals surface area contributed by atoms with Gasteiger partial charge in [-0.05, 0) is 19.3 Å². The molecule has 1 aliphatic rings. The molecule has 1 fully saturated rings. The Morgan fingerprint density at radius 1 is 1.23 bits per heavy atom. The number of hydrogen-bond acceptors (Lipinski definition) is 1. The highest BCUT2D eigenvalue weighted by Gasteiger charge is 2.19. The zero-order valence-electron chi connectivity index (χ0n) is 7.11. The average Bonchev–Trinajstić information content (AvgIpc) is 2.03. The summed E-state index contributed by atoms with van der Waals surface area (Å²) in [5.41, 5.74) is 0.503. The third kappa shape index (κ3) is 13.6. The molecule has 0 bridgehead atoms. The Hall–Kier alpha value is 1.62. The number of rotatable bonds is 1. The second-order valence-electron chi connectivity index (χ2n) is 2.65. The van der Waals surface area contributed by atoms with Gasteiger partial charge >= 0.3 is 5.31 Å². The molecule has 1 rings (SSSR count). The molecule has 1 aliphatic heterocycles.